The maximum atomic E-state index is 12.4. The molecule has 1 aliphatic heterocycles. The van der Waals surface area contributed by atoms with Gasteiger partial charge in [0.2, 0.25) is 5.91 Å². The average Bonchev–Trinajstić information content (AvgIpc) is 2.81. The minimum absolute atomic E-state index is 0.126. The number of imide groups is 1. The number of cyclic esters (lactones) is 1. The maximum Gasteiger partial charge on any atom is 0.417 e. The molecule has 0 aromatic heterocycles. The molecule has 1 saturated heterocycles. The Kier molecular flexibility index (Phi) is 5.58. The molecule has 1 aromatic carbocycles. The molecule has 2 amide bonds. The van der Waals surface area contributed by atoms with Crippen molar-refractivity contribution >= 4 is 12.0 Å². The second-order valence-corrected chi connectivity index (χ2v) is 6.15. The fraction of sp³-hybridized carbons (Fsp3) is 0.556. The van der Waals surface area contributed by atoms with E-state index in [-0.39, 0.29) is 18.1 Å². The van der Waals surface area contributed by atoms with Gasteiger partial charge in [-0.2, -0.15) is 0 Å². The fourth-order valence-corrected chi connectivity index (χ4v) is 3.01. The Labute approximate surface area is 132 Å². The van der Waals surface area contributed by atoms with Crippen molar-refractivity contribution in [1.82, 2.24) is 4.90 Å². The Balaban J connectivity index is 1.99. The van der Waals surface area contributed by atoms with Crippen molar-refractivity contribution in [2.45, 2.75) is 58.6 Å². The van der Waals surface area contributed by atoms with Gasteiger partial charge in [0.15, 0.2) is 0 Å². The van der Waals surface area contributed by atoms with Crippen LogP contribution in [-0.2, 0) is 9.53 Å². The van der Waals surface area contributed by atoms with Gasteiger partial charge in [-0.25, -0.2) is 9.69 Å². The summed E-state index contributed by atoms with van der Waals surface area (Å²) in [5.74, 6) is 0.381. The van der Waals surface area contributed by atoms with Gasteiger partial charge in [-0.1, -0.05) is 57.0 Å². The summed E-state index contributed by atoms with van der Waals surface area (Å²) in [6.45, 7) is 6.16. The maximum absolute atomic E-state index is 12.4. The molecule has 4 nitrogen and oxygen atoms in total. The molecule has 0 spiro atoms. The lowest BCUT2D eigenvalue weighted by Gasteiger charge is -2.20. The van der Waals surface area contributed by atoms with E-state index in [4.69, 9.17) is 4.74 Å². The van der Waals surface area contributed by atoms with Gasteiger partial charge >= 0.3 is 6.09 Å². The lowest BCUT2D eigenvalue weighted by Crippen LogP contribution is -2.37. The van der Waals surface area contributed by atoms with E-state index in [1.165, 1.54) is 4.90 Å². The first kappa shape index (κ1) is 16.5. The monoisotopic (exact) mass is 303 g/mol. The van der Waals surface area contributed by atoms with Crippen LogP contribution in [0.1, 0.15) is 58.1 Å². The van der Waals surface area contributed by atoms with Gasteiger partial charge in [0.05, 0.1) is 6.04 Å². The number of nitrogens with zero attached hydrogens (tertiary/aromatic N) is 1. The van der Waals surface area contributed by atoms with Gasteiger partial charge in [-0.05, 0) is 24.8 Å². The topological polar surface area (TPSA) is 46.6 Å². The molecular weight excluding hydrogens is 278 g/mol. The summed E-state index contributed by atoms with van der Waals surface area (Å²) in [4.78, 5) is 25.7. The van der Waals surface area contributed by atoms with Gasteiger partial charge < -0.3 is 4.74 Å². The van der Waals surface area contributed by atoms with Gasteiger partial charge in [0, 0.05) is 6.42 Å². The van der Waals surface area contributed by atoms with Crippen LogP contribution in [0.5, 0.6) is 0 Å². The van der Waals surface area contributed by atoms with Crippen LogP contribution in [0.4, 0.5) is 4.79 Å². The van der Waals surface area contributed by atoms with Crippen molar-refractivity contribution in [2.75, 3.05) is 0 Å². The zero-order valence-corrected chi connectivity index (χ0v) is 13.6. The van der Waals surface area contributed by atoms with Gasteiger partial charge in [-0.15, -0.1) is 0 Å². The number of benzene rings is 1. The highest BCUT2D eigenvalue weighted by molar-refractivity contribution is 5.93. The number of amides is 2. The largest absolute Gasteiger partial charge is 0.439 e. The number of rotatable bonds is 6. The lowest BCUT2D eigenvalue weighted by atomic mass is 9.99. The molecule has 0 saturated carbocycles. The van der Waals surface area contributed by atoms with E-state index in [2.05, 4.69) is 13.8 Å². The molecule has 1 fully saturated rings. The molecule has 0 bridgehead atoms. The summed E-state index contributed by atoms with van der Waals surface area (Å²) in [6, 6.07) is 9.32. The van der Waals surface area contributed by atoms with E-state index < -0.39 is 6.09 Å². The second kappa shape index (κ2) is 7.43. The van der Waals surface area contributed by atoms with Crippen molar-refractivity contribution in [3.8, 4) is 0 Å². The summed E-state index contributed by atoms with van der Waals surface area (Å²) in [7, 11) is 0. The molecule has 120 valence electrons. The van der Waals surface area contributed by atoms with Crippen LogP contribution in [0.3, 0.4) is 0 Å². The van der Waals surface area contributed by atoms with Crippen LogP contribution in [0.2, 0.25) is 0 Å². The van der Waals surface area contributed by atoms with Crippen molar-refractivity contribution < 1.29 is 14.3 Å². The van der Waals surface area contributed by atoms with Crippen LogP contribution in [-0.4, -0.2) is 22.9 Å². The van der Waals surface area contributed by atoms with E-state index in [9.17, 15) is 9.59 Å². The first-order valence-corrected chi connectivity index (χ1v) is 8.12. The molecule has 0 aliphatic carbocycles. The highest BCUT2D eigenvalue weighted by Crippen LogP contribution is 2.33. The van der Waals surface area contributed by atoms with Crippen LogP contribution >= 0.6 is 0 Å². The zero-order valence-electron chi connectivity index (χ0n) is 13.6. The molecule has 1 aliphatic rings. The van der Waals surface area contributed by atoms with E-state index in [1.54, 1.807) is 0 Å². The first-order valence-electron chi connectivity index (χ1n) is 8.12. The average molecular weight is 303 g/mol. The van der Waals surface area contributed by atoms with Crippen LogP contribution in [0.25, 0.3) is 0 Å². The molecular formula is C18H25NO3. The van der Waals surface area contributed by atoms with Crippen molar-refractivity contribution in [2.24, 2.45) is 5.92 Å². The molecule has 2 rings (SSSR count). The highest BCUT2D eigenvalue weighted by atomic mass is 16.6. The summed E-state index contributed by atoms with van der Waals surface area (Å²) < 4.78 is 5.41. The Bertz CT molecular complexity index is 514. The lowest BCUT2D eigenvalue weighted by molar-refractivity contribution is -0.129. The second-order valence-electron chi connectivity index (χ2n) is 6.15. The molecule has 22 heavy (non-hydrogen) atoms. The summed E-state index contributed by atoms with van der Waals surface area (Å²) in [6.07, 6.45) is 2.56. The summed E-state index contributed by atoms with van der Waals surface area (Å²) in [5.41, 5.74) is 0.929. The highest BCUT2D eigenvalue weighted by Gasteiger charge is 2.42. The number of carbonyl (C=O) groups is 2. The Morgan fingerprint density at radius 1 is 1.27 bits per heavy atom. The fourth-order valence-electron chi connectivity index (χ4n) is 3.01. The normalized spacial score (nSPS) is 22.5. The predicted molar refractivity (Wildman–Crippen MR) is 85.3 cm³/mol. The van der Waals surface area contributed by atoms with E-state index in [0.717, 1.165) is 24.8 Å². The summed E-state index contributed by atoms with van der Waals surface area (Å²) >= 11 is 0. The number of hydrogen-bond donors (Lipinski definition) is 0. The smallest absolute Gasteiger partial charge is 0.417 e. The van der Waals surface area contributed by atoms with E-state index in [0.29, 0.717) is 12.3 Å². The Morgan fingerprint density at radius 3 is 2.59 bits per heavy atom. The molecule has 0 radical (unpaired) electrons. The number of ether oxygens (including phenoxy) is 1. The minimum Gasteiger partial charge on any atom is -0.439 e. The van der Waals surface area contributed by atoms with Crippen molar-refractivity contribution in [3.05, 3.63) is 35.9 Å². The third kappa shape index (κ3) is 3.67. The molecule has 3 atom stereocenters. The molecule has 1 heterocycles. The quantitative estimate of drug-likeness (QED) is 0.786. The van der Waals surface area contributed by atoms with Crippen LogP contribution < -0.4 is 0 Å². The molecule has 0 unspecified atom stereocenters. The summed E-state index contributed by atoms with van der Waals surface area (Å²) in [5, 5.41) is 0. The minimum atomic E-state index is -0.519. The number of hydrogen-bond acceptors (Lipinski definition) is 3. The van der Waals surface area contributed by atoms with Gasteiger partial charge in [0.25, 0.3) is 0 Å². The SMILES string of the molecule is CCC[C@H](C)CCC(=O)N1C(=O)O[C@@H](c2ccccc2)[C@H]1C. The standard InChI is InChI=1S/C18H25NO3/c1-4-8-13(2)11-12-16(20)19-14(3)17(22-18(19)21)15-9-6-5-7-10-15/h5-7,9-10,13-14,17H,4,8,11-12H2,1-3H3/t13-,14+,17+/m0/s1. The third-order valence-electron chi connectivity index (χ3n) is 4.30. The predicted octanol–water partition coefficient (Wildman–Crippen LogP) is 4.31. The van der Waals surface area contributed by atoms with Gasteiger partial charge in [-0.3, -0.25) is 4.79 Å². The molecule has 1 aromatic rings. The van der Waals surface area contributed by atoms with E-state index in [1.807, 2.05) is 37.3 Å². The van der Waals surface area contributed by atoms with Crippen LogP contribution in [0, 0.1) is 5.92 Å². The van der Waals surface area contributed by atoms with Crippen LogP contribution in [0.15, 0.2) is 30.3 Å². The Morgan fingerprint density at radius 2 is 1.95 bits per heavy atom. The molecule has 0 N–H and O–H groups in total. The van der Waals surface area contributed by atoms with Crippen molar-refractivity contribution in [1.29, 1.82) is 0 Å². The molecule has 4 heteroatoms. The third-order valence-corrected chi connectivity index (χ3v) is 4.30. The Hall–Kier alpha value is -1.84. The van der Waals surface area contributed by atoms with Gasteiger partial charge in [0.1, 0.15) is 6.10 Å². The first-order chi connectivity index (χ1) is 10.5. The van der Waals surface area contributed by atoms with Crippen molar-refractivity contribution in [3.63, 3.8) is 0 Å². The number of carbonyl (C=O) groups excluding carboxylic acids is 2. The zero-order chi connectivity index (χ0) is 16.1. The van der Waals surface area contributed by atoms with E-state index >= 15 is 0 Å².